The van der Waals surface area contributed by atoms with E-state index in [2.05, 4.69) is 4.98 Å². The Morgan fingerprint density at radius 3 is 2.96 bits per heavy atom. The molecule has 1 aromatic carbocycles. The number of carbonyl (C=O) groups excluding carboxylic acids is 1. The molecule has 2 heterocycles. The number of carbonyl (C=O) groups is 2. The van der Waals surface area contributed by atoms with Gasteiger partial charge in [0.05, 0.1) is 6.04 Å². The molecule has 4 N–H and O–H groups in total. The number of hydrogen-bond acceptors (Lipinski definition) is 3. The summed E-state index contributed by atoms with van der Waals surface area (Å²) in [6.45, 7) is 0.450. The fraction of sp³-hybridized carbons (Fsp3) is 0.412. The van der Waals surface area contributed by atoms with Gasteiger partial charge >= 0.3 is 5.97 Å². The number of aromatic amines is 1. The van der Waals surface area contributed by atoms with Crippen LogP contribution < -0.4 is 5.73 Å². The summed E-state index contributed by atoms with van der Waals surface area (Å²) in [6.07, 6.45) is 4.36. The number of nitrogens with zero attached hydrogens (tertiary/aromatic N) is 1. The summed E-state index contributed by atoms with van der Waals surface area (Å²) in [4.78, 5) is 28.8. The third-order valence-electron chi connectivity index (χ3n) is 4.51. The first-order chi connectivity index (χ1) is 11.1. The Labute approximate surface area is 134 Å². The number of amides is 1. The minimum atomic E-state index is -0.988. The second-order valence-electron chi connectivity index (χ2n) is 6.05. The average Bonchev–Trinajstić information content (AvgIpc) is 2.87. The van der Waals surface area contributed by atoms with Crippen LogP contribution in [0.25, 0.3) is 10.9 Å². The Kier molecular flexibility index (Phi) is 4.34. The number of H-pyrrole nitrogens is 1. The number of aliphatic carboxylic acids is 1. The molecule has 23 heavy (non-hydrogen) atoms. The van der Waals surface area contributed by atoms with Crippen LogP contribution in [0.3, 0.4) is 0 Å². The van der Waals surface area contributed by atoms with Crippen molar-refractivity contribution in [2.24, 2.45) is 5.73 Å². The molecule has 1 aromatic heterocycles. The molecule has 1 saturated heterocycles. The van der Waals surface area contributed by atoms with E-state index in [4.69, 9.17) is 5.73 Å². The van der Waals surface area contributed by atoms with Gasteiger partial charge < -0.3 is 20.7 Å². The molecule has 0 spiro atoms. The van der Waals surface area contributed by atoms with Crippen molar-refractivity contribution in [2.75, 3.05) is 6.54 Å². The van der Waals surface area contributed by atoms with E-state index in [0.717, 1.165) is 29.3 Å². The zero-order chi connectivity index (χ0) is 16.4. The smallest absolute Gasteiger partial charge is 0.326 e. The van der Waals surface area contributed by atoms with Gasteiger partial charge in [0, 0.05) is 30.1 Å². The normalized spacial score (nSPS) is 20.5. The van der Waals surface area contributed by atoms with E-state index in [1.807, 2.05) is 30.5 Å². The lowest BCUT2D eigenvalue weighted by molar-refractivity contribution is -0.150. The third-order valence-corrected chi connectivity index (χ3v) is 4.51. The number of fused-ring (bicyclic) bond motifs is 1. The molecule has 0 aliphatic carbocycles. The Balaban J connectivity index is 1.89. The fourth-order valence-corrected chi connectivity index (χ4v) is 3.24. The molecule has 2 atom stereocenters. The SMILES string of the molecule is NC1CCCCN(C(Cc2c[nH]c3ccccc23)C(=O)O)C1=O. The highest BCUT2D eigenvalue weighted by molar-refractivity contribution is 5.88. The number of carboxylic acids is 1. The van der Waals surface area contributed by atoms with Crippen LogP contribution >= 0.6 is 0 Å². The van der Waals surface area contributed by atoms with E-state index < -0.39 is 18.1 Å². The van der Waals surface area contributed by atoms with Crippen molar-refractivity contribution in [2.45, 2.75) is 37.8 Å². The first-order valence-electron chi connectivity index (χ1n) is 7.92. The number of carboxylic acid groups (broad SMARTS) is 1. The maximum absolute atomic E-state index is 12.4. The number of nitrogens with two attached hydrogens (primary N) is 1. The quantitative estimate of drug-likeness (QED) is 0.796. The van der Waals surface area contributed by atoms with E-state index in [0.29, 0.717) is 13.0 Å². The number of likely N-dealkylation sites (tertiary alicyclic amines) is 1. The minimum absolute atomic E-state index is 0.255. The summed E-state index contributed by atoms with van der Waals surface area (Å²) < 4.78 is 0. The van der Waals surface area contributed by atoms with Gasteiger partial charge in [-0.3, -0.25) is 4.79 Å². The predicted molar refractivity (Wildman–Crippen MR) is 87.0 cm³/mol. The van der Waals surface area contributed by atoms with E-state index in [-0.39, 0.29) is 12.3 Å². The summed E-state index contributed by atoms with van der Waals surface area (Å²) in [5, 5.41) is 10.6. The third kappa shape index (κ3) is 3.07. The van der Waals surface area contributed by atoms with Crippen molar-refractivity contribution in [3.63, 3.8) is 0 Å². The minimum Gasteiger partial charge on any atom is -0.480 e. The van der Waals surface area contributed by atoms with Gasteiger partial charge in [-0.1, -0.05) is 18.2 Å². The summed E-state index contributed by atoms with van der Waals surface area (Å²) in [7, 11) is 0. The van der Waals surface area contributed by atoms with Crippen LogP contribution in [0.1, 0.15) is 24.8 Å². The van der Waals surface area contributed by atoms with Gasteiger partial charge in [0.2, 0.25) is 5.91 Å². The lowest BCUT2D eigenvalue weighted by atomic mass is 10.0. The van der Waals surface area contributed by atoms with Crippen molar-refractivity contribution in [3.05, 3.63) is 36.0 Å². The van der Waals surface area contributed by atoms with Crippen molar-refractivity contribution < 1.29 is 14.7 Å². The van der Waals surface area contributed by atoms with E-state index in [1.165, 1.54) is 4.90 Å². The predicted octanol–water partition coefficient (Wildman–Crippen LogP) is 1.50. The summed E-state index contributed by atoms with van der Waals surface area (Å²) in [6, 6.07) is 6.27. The lowest BCUT2D eigenvalue weighted by Gasteiger charge is -2.29. The van der Waals surface area contributed by atoms with Crippen molar-refractivity contribution in [1.29, 1.82) is 0 Å². The van der Waals surface area contributed by atoms with E-state index in [1.54, 1.807) is 0 Å². The van der Waals surface area contributed by atoms with Crippen LogP contribution in [0.2, 0.25) is 0 Å². The molecular formula is C17H21N3O3. The summed E-state index contributed by atoms with van der Waals surface area (Å²) in [5.74, 6) is -1.24. The molecule has 0 bridgehead atoms. The van der Waals surface area contributed by atoms with Crippen LogP contribution in [0.15, 0.2) is 30.5 Å². The number of nitrogens with one attached hydrogen (secondary N) is 1. The zero-order valence-electron chi connectivity index (χ0n) is 12.9. The van der Waals surface area contributed by atoms with Crippen molar-refractivity contribution in [1.82, 2.24) is 9.88 Å². The zero-order valence-corrected chi connectivity index (χ0v) is 12.9. The van der Waals surface area contributed by atoms with Gasteiger partial charge in [-0.15, -0.1) is 0 Å². The first kappa shape index (κ1) is 15.6. The maximum atomic E-state index is 12.4. The largest absolute Gasteiger partial charge is 0.480 e. The van der Waals surface area contributed by atoms with Crippen molar-refractivity contribution >= 4 is 22.8 Å². The van der Waals surface area contributed by atoms with Crippen LogP contribution in [-0.2, 0) is 16.0 Å². The molecule has 122 valence electrons. The van der Waals surface area contributed by atoms with E-state index >= 15 is 0 Å². The van der Waals surface area contributed by atoms with E-state index in [9.17, 15) is 14.7 Å². The number of hydrogen-bond donors (Lipinski definition) is 3. The fourth-order valence-electron chi connectivity index (χ4n) is 3.24. The van der Waals surface area contributed by atoms with Gasteiger partial charge in [0.1, 0.15) is 6.04 Å². The second-order valence-corrected chi connectivity index (χ2v) is 6.05. The molecular weight excluding hydrogens is 294 g/mol. The topological polar surface area (TPSA) is 99.4 Å². The Morgan fingerprint density at radius 2 is 2.17 bits per heavy atom. The molecule has 2 aromatic rings. The van der Waals surface area contributed by atoms with Gasteiger partial charge in [-0.2, -0.15) is 0 Å². The molecule has 1 aliphatic rings. The Morgan fingerprint density at radius 1 is 1.39 bits per heavy atom. The molecule has 0 radical (unpaired) electrons. The highest BCUT2D eigenvalue weighted by Gasteiger charge is 2.34. The highest BCUT2D eigenvalue weighted by Crippen LogP contribution is 2.22. The molecule has 2 unspecified atom stereocenters. The molecule has 6 heteroatoms. The molecule has 1 amide bonds. The van der Waals surface area contributed by atoms with Gasteiger partial charge in [0.25, 0.3) is 0 Å². The average molecular weight is 315 g/mol. The second kappa shape index (κ2) is 6.42. The van der Waals surface area contributed by atoms with Crippen LogP contribution in [0.5, 0.6) is 0 Å². The van der Waals surface area contributed by atoms with Crippen molar-refractivity contribution in [3.8, 4) is 0 Å². The maximum Gasteiger partial charge on any atom is 0.326 e. The Hall–Kier alpha value is -2.34. The Bertz CT molecular complexity index is 725. The van der Waals surface area contributed by atoms with Gasteiger partial charge in [-0.25, -0.2) is 4.79 Å². The monoisotopic (exact) mass is 315 g/mol. The standard InChI is InChI=1S/C17H21N3O3/c18-13-6-3-4-8-20(16(13)21)15(17(22)23)9-11-10-19-14-7-2-1-5-12(11)14/h1-2,5,7,10,13,15,19H,3-4,6,8-9,18H2,(H,22,23). The van der Waals surface area contributed by atoms with Gasteiger partial charge in [-0.05, 0) is 30.9 Å². The van der Waals surface area contributed by atoms with Crippen LogP contribution in [-0.4, -0.2) is 45.5 Å². The molecule has 3 rings (SSSR count). The lowest BCUT2D eigenvalue weighted by Crippen LogP contribution is -2.51. The number of aromatic nitrogens is 1. The summed E-state index contributed by atoms with van der Waals surface area (Å²) >= 11 is 0. The molecule has 1 fully saturated rings. The first-order valence-corrected chi connectivity index (χ1v) is 7.92. The number of benzene rings is 1. The number of rotatable bonds is 4. The number of para-hydroxylation sites is 1. The summed E-state index contributed by atoms with van der Waals surface area (Å²) in [5.41, 5.74) is 7.75. The highest BCUT2D eigenvalue weighted by atomic mass is 16.4. The molecule has 6 nitrogen and oxygen atoms in total. The molecule has 1 aliphatic heterocycles. The van der Waals surface area contributed by atoms with Crippen LogP contribution in [0, 0.1) is 0 Å². The van der Waals surface area contributed by atoms with Gasteiger partial charge in [0.15, 0.2) is 0 Å². The van der Waals surface area contributed by atoms with Crippen LogP contribution in [0.4, 0.5) is 0 Å². The molecule has 0 saturated carbocycles.